The molecule has 2 heterocycles. The van der Waals surface area contributed by atoms with E-state index in [0.717, 1.165) is 0 Å². The van der Waals surface area contributed by atoms with Crippen LogP contribution in [-0.2, 0) is 0 Å². The highest BCUT2D eigenvalue weighted by atomic mass is 16.5. The molecule has 0 aliphatic heterocycles. The Balaban J connectivity index is 1.80. The number of hydrogen-bond donors (Lipinski definition) is 4. The highest BCUT2D eigenvalue weighted by molar-refractivity contribution is 5.91. The predicted molar refractivity (Wildman–Crippen MR) is 72.3 cm³/mol. The molecule has 0 spiro atoms. The quantitative estimate of drug-likeness (QED) is 0.319. The third-order valence-electron chi connectivity index (χ3n) is 2.84. The van der Waals surface area contributed by atoms with Crippen LogP contribution in [0.4, 0.5) is 0 Å². The first-order valence-electron chi connectivity index (χ1n) is 6.56. The maximum atomic E-state index is 11.8. The zero-order valence-corrected chi connectivity index (χ0v) is 11.6. The summed E-state index contributed by atoms with van der Waals surface area (Å²) < 4.78 is 1.43. The van der Waals surface area contributed by atoms with Gasteiger partial charge in [-0.2, -0.15) is 0 Å². The van der Waals surface area contributed by atoms with Gasteiger partial charge in [0.25, 0.3) is 0 Å². The number of pyridine rings is 2. The highest BCUT2D eigenvalue weighted by Gasteiger charge is 2.19. The second-order valence-corrected chi connectivity index (χ2v) is 4.37. The van der Waals surface area contributed by atoms with Crippen molar-refractivity contribution < 1.29 is 29.5 Å². The Hall–Kier alpha value is -3.16. The summed E-state index contributed by atoms with van der Waals surface area (Å²) in [4.78, 5) is 23.6. The molecule has 0 aliphatic rings. The van der Waals surface area contributed by atoms with Crippen molar-refractivity contribution in [2.75, 3.05) is 13.1 Å². The first-order valence-corrected chi connectivity index (χ1v) is 6.56. The summed E-state index contributed by atoms with van der Waals surface area (Å²) in [5.74, 6) is -0.927. The Morgan fingerprint density at radius 3 is 1.59 bits per heavy atom. The van der Waals surface area contributed by atoms with Crippen molar-refractivity contribution in [1.29, 1.82) is 0 Å². The number of hydrogen-bond acceptors (Lipinski definition) is 4. The summed E-state index contributed by atoms with van der Waals surface area (Å²) in [7, 11) is 0. The van der Waals surface area contributed by atoms with Crippen LogP contribution < -0.4 is 20.1 Å². The van der Waals surface area contributed by atoms with E-state index in [1.54, 1.807) is 24.3 Å². The molecule has 22 heavy (non-hydrogen) atoms. The number of nitrogens with zero attached hydrogens (tertiary/aromatic N) is 2. The second kappa shape index (κ2) is 7.02. The molecule has 0 aliphatic carbocycles. The van der Waals surface area contributed by atoms with E-state index in [9.17, 15) is 20.0 Å². The van der Waals surface area contributed by atoms with Gasteiger partial charge in [-0.3, -0.25) is 20.0 Å². The van der Waals surface area contributed by atoms with E-state index < -0.39 is 11.8 Å². The molecule has 0 fully saturated rings. The molecule has 8 heteroatoms. The van der Waals surface area contributed by atoms with E-state index in [1.165, 1.54) is 24.5 Å². The first-order chi connectivity index (χ1) is 10.6. The number of carbonyl (C=O) groups excluding carboxylic acids is 2. The zero-order chi connectivity index (χ0) is 15.9. The Kier molecular flexibility index (Phi) is 4.86. The minimum absolute atomic E-state index is 0.0880. The highest BCUT2D eigenvalue weighted by Crippen LogP contribution is 1.91. The molecule has 4 N–H and O–H groups in total. The Morgan fingerprint density at radius 1 is 0.818 bits per heavy atom. The maximum Gasteiger partial charge on any atom is 0.321 e. The largest absolute Gasteiger partial charge is 0.345 e. The van der Waals surface area contributed by atoms with E-state index in [-0.39, 0.29) is 24.5 Å². The summed E-state index contributed by atoms with van der Waals surface area (Å²) in [6, 6.07) is 9.35. The lowest BCUT2D eigenvalue weighted by molar-refractivity contribution is -0.905. The van der Waals surface area contributed by atoms with Gasteiger partial charge >= 0.3 is 23.2 Å². The fourth-order valence-electron chi connectivity index (χ4n) is 1.76. The Bertz CT molecular complexity index is 631. The summed E-state index contributed by atoms with van der Waals surface area (Å²) in [6.07, 6.45) is 2.68. The number of aromatic nitrogens is 2. The maximum absolute atomic E-state index is 11.8. The van der Waals surface area contributed by atoms with E-state index in [4.69, 9.17) is 0 Å². The van der Waals surface area contributed by atoms with Gasteiger partial charge in [0.2, 0.25) is 12.4 Å². The molecule has 0 saturated carbocycles. The molecule has 0 bridgehead atoms. The molecule has 2 amide bonds. The minimum atomic E-state index is -0.464. The molecule has 114 valence electrons. The fourth-order valence-corrected chi connectivity index (χ4v) is 1.76. The summed E-state index contributed by atoms with van der Waals surface area (Å²) in [5, 5.41) is 24.0. The number of rotatable bonds is 5. The zero-order valence-electron chi connectivity index (χ0n) is 11.6. The average molecular weight is 304 g/mol. The molecular formula is C14H16N4O4+2. The molecular weight excluding hydrogens is 288 g/mol. The van der Waals surface area contributed by atoms with Crippen LogP contribution in [0.2, 0.25) is 0 Å². The normalized spacial score (nSPS) is 10.0. The first kappa shape index (κ1) is 15.2. The summed E-state index contributed by atoms with van der Waals surface area (Å²) in [6.45, 7) is 0.357. The van der Waals surface area contributed by atoms with Crippen molar-refractivity contribution in [3.8, 4) is 0 Å². The summed E-state index contributed by atoms with van der Waals surface area (Å²) >= 11 is 0. The Labute approximate surface area is 126 Å². The van der Waals surface area contributed by atoms with Crippen molar-refractivity contribution in [2.45, 2.75) is 0 Å². The summed E-state index contributed by atoms with van der Waals surface area (Å²) in [5.41, 5.74) is 0.176. The monoisotopic (exact) mass is 304 g/mol. The van der Waals surface area contributed by atoms with Crippen LogP contribution >= 0.6 is 0 Å². The molecule has 2 aromatic rings. The van der Waals surface area contributed by atoms with Gasteiger partial charge in [0.05, 0.1) is 0 Å². The SMILES string of the molecule is O=C(NCCNC(=O)c1cccc[n+]1O)c1cccc[n+]1O. The molecule has 8 nitrogen and oxygen atoms in total. The van der Waals surface area contributed by atoms with Gasteiger partial charge in [0.15, 0.2) is 0 Å². The van der Waals surface area contributed by atoms with Gasteiger partial charge < -0.3 is 10.6 Å². The van der Waals surface area contributed by atoms with Crippen LogP contribution in [-0.4, -0.2) is 35.3 Å². The van der Waals surface area contributed by atoms with Gasteiger partial charge in [0, 0.05) is 46.8 Å². The van der Waals surface area contributed by atoms with Gasteiger partial charge in [-0.05, 0) is 12.1 Å². The van der Waals surface area contributed by atoms with Crippen LogP contribution in [0.15, 0.2) is 48.8 Å². The van der Waals surface area contributed by atoms with Crippen molar-refractivity contribution >= 4 is 11.8 Å². The lowest BCUT2D eigenvalue weighted by Gasteiger charge is -2.04. The number of nitrogens with one attached hydrogen (secondary N) is 2. The molecule has 2 aromatic heterocycles. The predicted octanol–water partition coefficient (Wildman–Crippen LogP) is -1.10. The van der Waals surface area contributed by atoms with Crippen LogP contribution in [0.3, 0.4) is 0 Å². The van der Waals surface area contributed by atoms with Crippen LogP contribution in [0.5, 0.6) is 0 Å². The van der Waals surface area contributed by atoms with Crippen LogP contribution in [0.25, 0.3) is 0 Å². The molecule has 0 aromatic carbocycles. The smallest absolute Gasteiger partial charge is 0.321 e. The fraction of sp³-hybridized carbons (Fsp3) is 0.143. The lowest BCUT2D eigenvalue weighted by atomic mass is 10.3. The van der Waals surface area contributed by atoms with E-state index in [0.29, 0.717) is 9.46 Å². The molecule has 2 rings (SSSR count). The van der Waals surface area contributed by atoms with Gasteiger partial charge in [-0.1, -0.05) is 0 Å². The third-order valence-corrected chi connectivity index (χ3v) is 2.84. The van der Waals surface area contributed by atoms with Crippen molar-refractivity contribution in [3.05, 3.63) is 60.2 Å². The van der Waals surface area contributed by atoms with E-state index >= 15 is 0 Å². The van der Waals surface area contributed by atoms with E-state index in [2.05, 4.69) is 10.6 Å². The van der Waals surface area contributed by atoms with Gasteiger partial charge in [-0.25, -0.2) is 0 Å². The second-order valence-electron chi connectivity index (χ2n) is 4.37. The van der Waals surface area contributed by atoms with Crippen molar-refractivity contribution in [2.24, 2.45) is 0 Å². The average Bonchev–Trinajstić information content (AvgIpc) is 2.52. The van der Waals surface area contributed by atoms with Crippen LogP contribution in [0, 0.1) is 0 Å². The molecule has 0 unspecified atom stereocenters. The van der Waals surface area contributed by atoms with Crippen LogP contribution in [0.1, 0.15) is 21.0 Å². The standard InChI is InChI=1S/C14H14N4O4/c19-13(11-5-1-3-9-17(11)21)15-7-8-16-14(20)12-6-2-4-10-18(12)22/h1-6,9-10H,7-8H2,(H2-2,15,16,19,20,21,22)/p+2. The van der Waals surface area contributed by atoms with Crippen molar-refractivity contribution in [3.63, 3.8) is 0 Å². The topological polar surface area (TPSA) is 106 Å². The van der Waals surface area contributed by atoms with E-state index in [1.807, 2.05) is 0 Å². The minimum Gasteiger partial charge on any atom is -0.345 e. The van der Waals surface area contributed by atoms with Gasteiger partial charge in [-0.15, -0.1) is 0 Å². The number of carbonyl (C=O) groups is 2. The Morgan fingerprint density at radius 2 is 1.23 bits per heavy atom. The molecule has 0 radical (unpaired) electrons. The molecule has 0 atom stereocenters. The third kappa shape index (κ3) is 3.69. The molecule has 0 saturated heterocycles. The van der Waals surface area contributed by atoms with Gasteiger partial charge in [0.1, 0.15) is 0 Å². The number of amides is 2. The lowest BCUT2D eigenvalue weighted by Crippen LogP contribution is -2.45. The van der Waals surface area contributed by atoms with Crippen molar-refractivity contribution in [1.82, 2.24) is 10.6 Å².